The average molecular weight is 386 g/mol. The van der Waals surface area contributed by atoms with E-state index in [1.165, 1.54) is 18.5 Å². The summed E-state index contributed by atoms with van der Waals surface area (Å²) in [5, 5.41) is 10.7. The van der Waals surface area contributed by atoms with Crippen LogP contribution in [0.25, 0.3) is 0 Å². The molecule has 0 amide bonds. The first-order valence-corrected chi connectivity index (χ1v) is 9.97. The van der Waals surface area contributed by atoms with Gasteiger partial charge in [-0.25, -0.2) is 0 Å². The molecule has 0 spiro atoms. The third kappa shape index (κ3) is 3.74. The van der Waals surface area contributed by atoms with Gasteiger partial charge in [-0.15, -0.1) is 0 Å². The summed E-state index contributed by atoms with van der Waals surface area (Å²) in [6.45, 7) is 4.58. The average Bonchev–Trinajstić information content (AvgIpc) is 3.29. The molecule has 150 valence electrons. The summed E-state index contributed by atoms with van der Waals surface area (Å²) in [7, 11) is 1.75. The smallest absolute Gasteiger partial charge is 0.235 e. The summed E-state index contributed by atoms with van der Waals surface area (Å²) >= 11 is 0. The van der Waals surface area contributed by atoms with Gasteiger partial charge in [0.05, 0.1) is 19.3 Å². The molecule has 2 aromatic heterocycles. The van der Waals surface area contributed by atoms with Crippen LogP contribution in [0.3, 0.4) is 0 Å². The molecule has 2 aromatic rings. The maximum atomic E-state index is 5.50. The Labute approximate surface area is 163 Å². The van der Waals surface area contributed by atoms with Crippen molar-refractivity contribution in [3.05, 3.63) is 11.8 Å². The number of morpholine rings is 1. The van der Waals surface area contributed by atoms with Crippen LogP contribution < -0.4 is 15.1 Å². The van der Waals surface area contributed by atoms with E-state index in [1.807, 2.05) is 6.07 Å². The molecule has 1 atom stereocenters. The number of H-pyrrole nitrogens is 1. The fourth-order valence-electron chi connectivity index (χ4n) is 3.68. The van der Waals surface area contributed by atoms with Gasteiger partial charge >= 0.3 is 0 Å². The minimum atomic E-state index is 0.215. The SMILES string of the molecule is CO[C@H]1CCN(c2nc(Nc3cc(C4CC4)[nH]n3)nc(N3CCOCC3)n2)C1. The van der Waals surface area contributed by atoms with Crippen molar-refractivity contribution in [2.45, 2.75) is 31.3 Å². The van der Waals surface area contributed by atoms with Crippen LogP contribution in [0.5, 0.6) is 0 Å². The Bertz CT molecular complexity index is 818. The monoisotopic (exact) mass is 386 g/mol. The van der Waals surface area contributed by atoms with Gasteiger partial charge in [0.25, 0.3) is 0 Å². The van der Waals surface area contributed by atoms with Gasteiger partial charge in [-0.05, 0) is 19.3 Å². The van der Waals surface area contributed by atoms with E-state index in [-0.39, 0.29) is 6.10 Å². The topological polar surface area (TPSA) is 104 Å². The molecule has 2 N–H and O–H groups in total. The maximum Gasteiger partial charge on any atom is 0.235 e. The number of hydrogen-bond acceptors (Lipinski definition) is 9. The lowest BCUT2D eigenvalue weighted by molar-refractivity contribution is 0.121. The second-order valence-electron chi connectivity index (χ2n) is 7.56. The molecule has 2 aliphatic heterocycles. The zero-order valence-corrected chi connectivity index (χ0v) is 16.1. The Morgan fingerprint density at radius 3 is 2.57 bits per heavy atom. The first kappa shape index (κ1) is 17.6. The zero-order chi connectivity index (χ0) is 18.9. The Morgan fingerprint density at radius 2 is 1.86 bits per heavy atom. The molecule has 3 aliphatic rings. The number of aromatic amines is 1. The number of aromatic nitrogens is 5. The second-order valence-corrected chi connectivity index (χ2v) is 7.56. The summed E-state index contributed by atoms with van der Waals surface area (Å²) in [6.07, 6.45) is 3.65. The molecule has 10 heteroatoms. The first-order valence-electron chi connectivity index (χ1n) is 9.97. The van der Waals surface area contributed by atoms with Gasteiger partial charge in [-0.1, -0.05) is 0 Å². The molecule has 10 nitrogen and oxygen atoms in total. The lowest BCUT2D eigenvalue weighted by atomic mass is 10.3. The van der Waals surface area contributed by atoms with Crippen molar-refractivity contribution in [3.8, 4) is 0 Å². The fourth-order valence-corrected chi connectivity index (χ4v) is 3.68. The fraction of sp³-hybridized carbons (Fsp3) is 0.667. The van der Waals surface area contributed by atoms with Crippen molar-refractivity contribution in [2.24, 2.45) is 0 Å². The van der Waals surface area contributed by atoms with Crippen LogP contribution in [0.15, 0.2) is 6.07 Å². The van der Waals surface area contributed by atoms with Crippen molar-refractivity contribution >= 4 is 23.7 Å². The summed E-state index contributed by atoms with van der Waals surface area (Å²) in [5.74, 6) is 3.23. The van der Waals surface area contributed by atoms with Crippen molar-refractivity contribution in [2.75, 3.05) is 61.6 Å². The van der Waals surface area contributed by atoms with Crippen molar-refractivity contribution in [3.63, 3.8) is 0 Å². The second kappa shape index (κ2) is 7.51. The van der Waals surface area contributed by atoms with Gasteiger partial charge in [0, 0.05) is 51.0 Å². The number of nitrogens with zero attached hydrogens (tertiary/aromatic N) is 6. The Balaban J connectivity index is 1.41. The van der Waals surface area contributed by atoms with Crippen molar-refractivity contribution in [1.29, 1.82) is 0 Å². The first-order chi connectivity index (χ1) is 13.8. The van der Waals surface area contributed by atoms with E-state index >= 15 is 0 Å². The Morgan fingerprint density at radius 1 is 1.07 bits per heavy atom. The minimum Gasteiger partial charge on any atom is -0.380 e. The summed E-state index contributed by atoms with van der Waals surface area (Å²) in [5.41, 5.74) is 1.17. The number of ether oxygens (including phenoxy) is 2. The summed E-state index contributed by atoms with van der Waals surface area (Å²) in [4.78, 5) is 18.4. The number of nitrogens with one attached hydrogen (secondary N) is 2. The zero-order valence-electron chi connectivity index (χ0n) is 16.1. The van der Waals surface area contributed by atoms with Gasteiger partial charge in [0.15, 0.2) is 5.82 Å². The van der Waals surface area contributed by atoms with Crippen LogP contribution in [0.2, 0.25) is 0 Å². The van der Waals surface area contributed by atoms with E-state index in [0.717, 1.165) is 38.4 Å². The summed E-state index contributed by atoms with van der Waals surface area (Å²) < 4.78 is 11.0. The van der Waals surface area contributed by atoms with Gasteiger partial charge < -0.3 is 24.6 Å². The summed E-state index contributed by atoms with van der Waals surface area (Å²) in [6, 6.07) is 2.05. The lowest BCUT2D eigenvalue weighted by Crippen LogP contribution is -2.38. The Kier molecular flexibility index (Phi) is 4.73. The van der Waals surface area contributed by atoms with Gasteiger partial charge in [-0.2, -0.15) is 20.1 Å². The van der Waals surface area contributed by atoms with Crippen LogP contribution in [-0.4, -0.2) is 77.8 Å². The molecule has 0 aromatic carbocycles. The largest absolute Gasteiger partial charge is 0.380 e. The molecule has 4 heterocycles. The predicted molar refractivity (Wildman–Crippen MR) is 104 cm³/mol. The van der Waals surface area contributed by atoms with E-state index in [1.54, 1.807) is 7.11 Å². The number of rotatable bonds is 6. The standard InChI is InChI=1S/C18H26N8O2/c1-27-13-4-5-26(11-13)18-21-16(19-15-10-14(23-24-15)12-2-3-12)20-17(22-18)25-6-8-28-9-7-25/h10,12-13H,2-9,11H2,1H3,(H2,19,20,21,22,23,24)/t13-/m0/s1. The van der Waals surface area contributed by atoms with E-state index in [4.69, 9.17) is 14.5 Å². The molecule has 0 bridgehead atoms. The Hall–Kier alpha value is -2.46. The van der Waals surface area contributed by atoms with E-state index < -0.39 is 0 Å². The third-order valence-corrected chi connectivity index (χ3v) is 5.52. The van der Waals surface area contributed by atoms with Crippen LogP contribution in [-0.2, 0) is 9.47 Å². The highest BCUT2D eigenvalue weighted by atomic mass is 16.5. The van der Waals surface area contributed by atoms with Crippen LogP contribution in [0.4, 0.5) is 23.7 Å². The molecule has 1 aliphatic carbocycles. The highest BCUT2D eigenvalue weighted by molar-refractivity contribution is 5.53. The van der Waals surface area contributed by atoms with Crippen LogP contribution in [0, 0.1) is 0 Å². The van der Waals surface area contributed by atoms with E-state index in [0.29, 0.717) is 37.0 Å². The van der Waals surface area contributed by atoms with E-state index in [9.17, 15) is 0 Å². The van der Waals surface area contributed by atoms with Crippen molar-refractivity contribution in [1.82, 2.24) is 25.1 Å². The molecule has 5 rings (SSSR count). The lowest BCUT2D eigenvalue weighted by Gasteiger charge is -2.28. The van der Waals surface area contributed by atoms with Gasteiger partial charge in [0.1, 0.15) is 0 Å². The minimum absolute atomic E-state index is 0.215. The van der Waals surface area contributed by atoms with E-state index in [2.05, 4.69) is 35.3 Å². The number of hydrogen-bond donors (Lipinski definition) is 2. The number of methoxy groups -OCH3 is 1. The molecule has 1 saturated carbocycles. The van der Waals surface area contributed by atoms with Crippen LogP contribution in [0.1, 0.15) is 30.9 Å². The molecule has 0 unspecified atom stereocenters. The normalized spacial score (nSPS) is 22.7. The quantitative estimate of drug-likeness (QED) is 0.759. The third-order valence-electron chi connectivity index (χ3n) is 5.52. The van der Waals surface area contributed by atoms with Crippen LogP contribution >= 0.6 is 0 Å². The molecular weight excluding hydrogens is 360 g/mol. The molecule has 28 heavy (non-hydrogen) atoms. The predicted octanol–water partition coefficient (Wildman–Crippen LogP) is 1.28. The van der Waals surface area contributed by atoms with Crippen molar-refractivity contribution < 1.29 is 9.47 Å². The highest BCUT2D eigenvalue weighted by Gasteiger charge is 2.27. The maximum absolute atomic E-state index is 5.50. The molecule has 3 fully saturated rings. The van der Waals surface area contributed by atoms with Gasteiger partial charge in [-0.3, -0.25) is 5.10 Å². The number of anilines is 4. The molecule has 0 radical (unpaired) electrons. The van der Waals surface area contributed by atoms with Gasteiger partial charge in [0.2, 0.25) is 17.8 Å². The molecular formula is C18H26N8O2. The highest BCUT2D eigenvalue weighted by Crippen LogP contribution is 2.39. The molecule has 2 saturated heterocycles.